The number of benzene rings is 2. The maximum atomic E-state index is 13.1. The minimum absolute atomic E-state index is 0.157. The van der Waals surface area contributed by atoms with Gasteiger partial charge in [0.05, 0.1) is 0 Å². The van der Waals surface area contributed by atoms with Crippen molar-refractivity contribution in [2.24, 2.45) is 0 Å². The summed E-state index contributed by atoms with van der Waals surface area (Å²) in [6.07, 6.45) is 1.09. The first-order valence-electron chi connectivity index (χ1n) is 5.90. The molecule has 0 N–H and O–H groups in total. The summed E-state index contributed by atoms with van der Waals surface area (Å²) >= 11 is 0. The van der Waals surface area contributed by atoms with Crippen LogP contribution in [-0.2, 0) is 13.0 Å². The number of hydrogen-bond donors (Lipinski definition) is 0. The summed E-state index contributed by atoms with van der Waals surface area (Å²) in [6.45, 7) is 1.81. The van der Waals surface area contributed by atoms with Gasteiger partial charge in [-0.25, -0.2) is 4.39 Å². The number of halogens is 1. The molecule has 0 saturated heterocycles. The Hall–Kier alpha value is -1.83. The van der Waals surface area contributed by atoms with Gasteiger partial charge >= 0.3 is 0 Å². The molecule has 1 aliphatic heterocycles. The van der Waals surface area contributed by atoms with Gasteiger partial charge in [0.25, 0.3) is 0 Å². The van der Waals surface area contributed by atoms with Gasteiger partial charge in [0.15, 0.2) is 0 Å². The Bertz CT molecular complexity index is 536. The van der Waals surface area contributed by atoms with Gasteiger partial charge in [-0.15, -0.1) is 0 Å². The highest BCUT2D eigenvalue weighted by Gasteiger charge is 2.18. The summed E-state index contributed by atoms with van der Waals surface area (Å²) in [5.41, 5.74) is 3.71. The molecule has 2 aromatic carbocycles. The Morgan fingerprint density at radius 1 is 1.06 bits per heavy atom. The Balaban J connectivity index is 1.84. The Kier molecular flexibility index (Phi) is 2.56. The second-order valence-corrected chi connectivity index (χ2v) is 4.43. The van der Waals surface area contributed by atoms with Crippen molar-refractivity contribution in [3.05, 3.63) is 65.5 Å². The second kappa shape index (κ2) is 4.21. The van der Waals surface area contributed by atoms with Crippen LogP contribution in [0.3, 0.4) is 0 Å². The molecule has 86 valence electrons. The standard InChI is InChI=1S/C15H14FN/c16-14-6-3-4-12(10-14)11-17-9-8-13-5-1-2-7-15(13)17/h1-7,10H,8-9,11H2. The zero-order valence-corrected chi connectivity index (χ0v) is 9.57. The van der Waals surface area contributed by atoms with Crippen molar-refractivity contribution in [1.82, 2.24) is 0 Å². The van der Waals surface area contributed by atoms with Crippen LogP contribution in [0.5, 0.6) is 0 Å². The van der Waals surface area contributed by atoms with Gasteiger partial charge in [0, 0.05) is 18.8 Å². The molecule has 17 heavy (non-hydrogen) atoms. The number of nitrogens with zero attached hydrogens (tertiary/aromatic N) is 1. The van der Waals surface area contributed by atoms with Crippen molar-refractivity contribution >= 4 is 5.69 Å². The molecule has 0 bridgehead atoms. The predicted molar refractivity (Wildman–Crippen MR) is 67.6 cm³/mol. The first-order chi connectivity index (χ1) is 8.33. The van der Waals surface area contributed by atoms with Crippen LogP contribution in [0, 0.1) is 5.82 Å². The van der Waals surface area contributed by atoms with Gasteiger partial charge in [-0.2, -0.15) is 0 Å². The molecule has 0 fully saturated rings. The maximum absolute atomic E-state index is 13.1. The highest BCUT2D eigenvalue weighted by atomic mass is 19.1. The first kappa shape index (κ1) is 10.3. The van der Waals surface area contributed by atoms with Crippen LogP contribution >= 0.6 is 0 Å². The maximum Gasteiger partial charge on any atom is 0.123 e. The lowest BCUT2D eigenvalue weighted by Gasteiger charge is -2.19. The smallest absolute Gasteiger partial charge is 0.123 e. The molecule has 0 atom stereocenters. The van der Waals surface area contributed by atoms with Crippen LogP contribution in [-0.4, -0.2) is 6.54 Å². The van der Waals surface area contributed by atoms with E-state index in [4.69, 9.17) is 0 Å². The van der Waals surface area contributed by atoms with E-state index in [0.717, 1.165) is 25.1 Å². The lowest BCUT2D eigenvalue weighted by molar-refractivity contribution is 0.624. The average Bonchev–Trinajstić information content (AvgIpc) is 2.73. The lowest BCUT2D eigenvalue weighted by atomic mass is 10.1. The first-order valence-corrected chi connectivity index (χ1v) is 5.90. The van der Waals surface area contributed by atoms with Crippen LogP contribution in [0.4, 0.5) is 10.1 Å². The van der Waals surface area contributed by atoms with Crippen LogP contribution in [0.25, 0.3) is 0 Å². The van der Waals surface area contributed by atoms with Gasteiger partial charge < -0.3 is 4.90 Å². The molecule has 0 unspecified atom stereocenters. The van der Waals surface area contributed by atoms with E-state index in [2.05, 4.69) is 29.2 Å². The van der Waals surface area contributed by atoms with Gasteiger partial charge in [-0.05, 0) is 35.7 Å². The molecule has 0 aromatic heterocycles. The molecule has 1 aliphatic rings. The SMILES string of the molecule is Fc1cccc(CN2CCc3ccccc32)c1. The van der Waals surface area contributed by atoms with Crippen molar-refractivity contribution in [2.75, 3.05) is 11.4 Å². The molecule has 0 aliphatic carbocycles. The highest BCUT2D eigenvalue weighted by molar-refractivity contribution is 5.58. The van der Waals surface area contributed by atoms with Crippen LogP contribution in [0.15, 0.2) is 48.5 Å². The molecule has 2 aromatic rings. The Morgan fingerprint density at radius 3 is 2.82 bits per heavy atom. The molecule has 3 rings (SSSR count). The molecular formula is C15H14FN. The summed E-state index contributed by atoms with van der Waals surface area (Å²) in [5.74, 6) is -0.157. The number of hydrogen-bond acceptors (Lipinski definition) is 1. The van der Waals surface area contributed by atoms with Crippen molar-refractivity contribution in [3.8, 4) is 0 Å². The van der Waals surface area contributed by atoms with E-state index in [0.29, 0.717) is 0 Å². The third kappa shape index (κ3) is 2.03. The van der Waals surface area contributed by atoms with E-state index in [1.165, 1.54) is 17.3 Å². The molecule has 1 heterocycles. The van der Waals surface area contributed by atoms with E-state index in [9.17, 15) is 4.39 Å². The summed E-state index contributed by atoms with van der Waals surface area (Å²) in [4.78, 5) is 2.31. The molecule has 0 spiro atoms. The highest BCUT2D eigenvalue weighted by Crippen LogP contribution is 2.28. The number of anilines is 1. The van der Waals surface area contributed by atoms with Crippen molar-refractivity contribution < 1.29 is 4.39 Å². The molecule has 1 nitrogen and oxygen atoms in total. The van der Waals surface area contributed by atoms with E-state index in [-0.39, 0.29) is 5.82 Å². The molecule has 0 radical (unpaired) electrons. The third-order valence-electron chi connectivity index (χ3n) is 3.25. The fraction of sp³-hybridized carbons (Fsp3) is 0.200. The minimum atomic E-state index is -0.157. The summed E-state index contributed by atoms with van der Waals surface area (Å²) in [6, 6.07) is 15.3. The van der Waals surface area contributed by atoms with Crippen LogP contribution in [0.1, 0.15) is 11.1 Å². The van der Waals surface area contributed by atoms with Crippen LogP contribution < -0.4 is 4.90 Å². The van der Waals surface area contributed by atoms with Gasteiger partial charge in [-0.3, -0.25) is 0 Å². The van der Waals surface area contributed by atoms with Crippen LogP contribution in [0.2, 0.25) is 0 Å². The summed E-state index contributed by atoms with van der Waals surface area (Å²) < 4.78 is 13.1. The summed E-state index contributed by atoms with van der Waals surface area (Å²) in [5, 5.41) is 0. The second-order valence-electron chi connectivity index (χ2n) is 4.43. The third-order valence-corrected chi connectivity index (χ3v) is 3.25. The normalized spacial score (nSPS) is 13.8. The zero-order chi connectivity index (χ0) is 11.7. The molecule has 2 heteroatoms. The topological polar surface area (TPSA) is 3.24 Å². The van der Waals surface area contributed by atoms with Gasteiger partial charge in [-0.1, -0.05) is 30.3 Å². The molecule has 0 amide bonds. The van der Waals surface area contributed by atoms with E-state index in [1.54, 1.807) is 12.1 Å². The monoisotopic (exact) mass is 227 g/mol. The van der Waals surface area contributed by atoms with Gasteiger partial charge in [0.2, 0.25) is 0 Å². The van der Waals surface area contributed by atoms with Crippen molar-refractivity contribution in [2.45, 2.75) is 13.0 Å². The fourth-order valence-corrected chi connectivity index (χ4v) is 2.43. The molecule has 0 saturated carbocycles. The van der Waals surface area contributed by atoms with Gasteiger partial charge in [0.1, 0.15) is 5.82 Å². The van der Waals surface area contributed by atoms with E-state index < -0.39 is 0 Å². The quantitative estimate of drug-likeness (QED) is 0.760. The van der Waals surface area contributed by atoms with E-state index in [1.807, 2.05) is 6.07 Å². The zero-order valence-electron chi connectivity index (χ0n) is 9.57. The number of fused-ring (bicyclic) bond motifs is 1. The molecular weight excluding hydrogens is 213 g/mol. The average molecular weight is 227 g/mol. The van der Waals surface area contributed by atoms with Crippen molar-refractivity contribution in [1.29, 1.82) is 0 Å². The van der Waals surface area contributed by atoms with Crippen molar-refractivity contribution in [3.63, 3.8) is 0 Å². The Morgan fingerprint density at radius 2 is 1.94 bits per heavy atom. The van der Waals surface area contributed by atoms with E-state index >= 15 is 0 Å². The number of para-hydroxylation sites is 1. The summed E-state index contributed by atoms with van der Waals surface area (Å²) in [7, 11) is 0. The predicted octanol–water partition coefficient (Wildman–Crippen LogP) is 3.39. The largest absolute Gasteiger partial charge is 0.367 e. The Labute approximate surface area is 101 Å². The number of rotatable bonds is 2. The lowest BCUT2D eigenvalue weighted by Crippen LogP contribution is -2.19. The minimum Gasteiger partial charge on any atom is -0.367 e. The fourth-order valence-electron chi connectivity index (χ4n) is 2.43.